The van der Waals surface area contributed by atoms with Gasteiger partial charge in [-0.1, -0.05) is 18.2 Å². The SMILES string of the molecule is Cc1c(C(=O)Oc2ccc3c(c2)OC(N)=C(C#N)C3c2cccc([N+](=O)[O-])c2)oc2ccc(F)cc12. The Labute approximate surface area is 202 Å². The van der Waals surface area contributed by atoms with Crippen molar-refractivity contribution in [2.45, 2.75) is 12.8 Å². The number of halogens is 1. The maximum atomic E-state index is 13.6. The highest BCUT2D eigenvalue weighted by Gasteiger charge is 2.32. The lowest BCUT2D eigenvalue weighted by atomic mass is 9.83. The molecule has 2 N–H and O–H groups in total. The monoisotopic (exact) mass is 485 g/mol. The van der Waals surface area contributed by atoms with Crippen LogP contribution in [0.3, 0.4) is 0 Å². The van der Waals surface area contributed by atoms with Crippen LogP contribution in [0, 0.1) is 34.2 Å². The van der Waals surface area contributed by atoms with Gasteiger partial charge in [-0.05, 0) is 36.8 Å². The van der Waals surface area contributed by atoms with Crippen LogP contribution in [0.25, 0.3) is 11.0 Å². The molecule has 2 heterocycles. The zero-order valence-corrected chi connectivity index (χ0v) is 18.7. The molecule has 0 saturated carbocycles. The number of ether oxygens (including phenoxy) is 2. The summed E-state index contributed by atoms with van der Waals surface area (Å²) in [5, 5.41) is 21.4. The Balaban J connectivity index is 1.50. The third-order valence-corrected chi connectivity index (χ3v) is 5.90. The van der Waals surface area contributed by atoms with Crippen LogP contribution in [0.15, 0.2) is 76.5 Å². The Morgan fingerprint density at radius 1 is 1.19 bits per heavy atom. The molecule has 4 aromatic rings. The van der Waals surface area contributed by atoms with Crippen molar-refractivity contribution in [2.75, 3.05) is 0 Å². The molecule has 1 aliphatic rings. The van der Waals surface area contributed by atoms with Gasteiger partial charge in [0.15, 0.2) is 0 Å². The van der Waals surface area contributed by atoms with E-state index in [0.29, 0.717) is 27.7 Å². The number of furan rings is 1. The highest BCUT2D eigenvalue weighted by molar-refractivity contribution is 5.96. The summed E-state index contributed by atoms with van der Waals surface area (Å²) in [7, 11) is 0. The molecule has 5 rings (SSSR count). The number of aryl methyl sites for hydroxylation is 1. The van der Waals surface area contributed by atoms with Crippen LogP contribution in [-0.2, 0) is 0 Å². The Kier molecular flexibility index (Phi) is 5.37. The molecule has 0 aliphatic carbocycles. The molecule has 1 atom stereocenters. The predicted octanol–water partition coefficient (Wildman–Crippen LogP) is 5.23. The number of hydrogen-bond donors (Lipinski definition) is 1. The smallest absolute Gasteiger partial charge is 0.379 e. The highest BCUT2D eigenvalue weighted by atomic mass is 19.1. The van der Waals surface area contributed by atoms with E-state index < -0.39 is 22.6 Å². The van der Waals surface area contributed by atoms with Crippen molar-refractivity contribution in [2.24, 2.45) is 5.73 Å². The number of rotatable bonds is 4. The first-order valence-corrected chi connectivity index (χ1v) is 10.6. The third kappa shape index (κ3) is 3.78. The van der Waals surface area contributed by atoms with Crippen LogP contribution in [-0.4, -0.2) is 10.9 Å². The number of carbonyl (C=O) groups excluding carboxylic acids is 1. The lowest BCUT2D eigenvalue weighted by Gasteiger charge is -2.26. The number of nitriles is 1. The summed E-state index contributed by atoms with van der Waals surface area (Å²) in [6, 6.07) is 16.3. The molecule has 0 amide bonds. The van der Waals surface area contributed by atoms with Crippen molar-refractivity contribution in [3.05, 3.63) is 111 Å². The molecule has 1 aliphatic heterocycles. The Hall–Kier alpha value is -5.17. The fourth-order valence-electron chi connectivity index (χ4n) is 4.20. The molecule has 0 bridgehead atoms. The number of nitro benzene ring substituents is 1. The van der Waals surface area contributed by atoms with Crippen molar-refractivity contribution >= 4 is 22.6 Å². The summed E-state index contributed by atoms with van der Waals surface area (Å²) < 4.78 is 30.2. The first kappa shape index (κ1) is 22.6. The quantitative estimate of drug-likeness (QED) is 0.179. The number of nitrogens with zero attached hydrogens (tertiary/aromatic N) is 2. The van der Waals surface area contributed by atoms with E-state index >= 15 is 0 Å². The second kappa shape index (κ2) is 8.56. The minimum atomic E-state index is -0.795. The standard InChI is InChI=1S/C26H16FN3O6/c1-13-19-10-15(27)5-8-21(19)35-24(13)26(31)34-17-6-7-18-22(11-17)36-25(29)20(12-28)23(18)14-3-2-4-16(9-14)30(32)33/h2-11,23H,29H2,1H3. The number of nitrogens with two attached hydrogens (primary N) is 1. The van der Waals surface area contributed by atoms with E-state index in [1.807, 2.05) is 6.07 Å². The predicted molar refractivity (Wildman–Crippen MR) is 125 cm³/mol. The number of esters is 1. The van der Waals surface area contributed by atoms with Crippen molar-refractivity contribution < 1.29 is 28.0 Å². The van der Waals surface area contributed by atoms with E-state index in [1.54, 1.807) is 19.1 Å². The van der Waals surface area contributed by atoms with Gasteiger partial charge in [-0.15, -0.1) is 0 Å². The summed E-state index contributed by atoms with van der Waals surface area (Å²) in [6.07, 6.45) is 0. The van der Waals surface area contributed by atoms with E-state index in [4.69, 9.17) is 19.6 Å². The highest BCUT2D eigenvalue weighted by Crippen LogP contribution is 2.44. The molecular weight excluding hydrogens is 469 g/mol. The van der Waals surface area contributed by atoms with Crippen LogP contribution >= 0.6 is 0 Å². The number of carbonyl (C=O) groups is 1. The van der Waals surface area contributed by atoms with Crippen LogP contribution in [0.5, 0.6) is 11.5 Å². The van der Waals surface area contributed by atoms with Gasteiger partial charge in [-0.25, -0.2) is 9.18 Å². The first-order valence-electron chi connectivity index (χ1n) is 10.6. The number of nitro groups is 1. The van der Waals surface area contributed by atoms with Gasteiger partial charge in [0.05, 0.1) is 10.8 Å². The molecule has 10 heteroatoms. The normalized spacial score (nSPS) is 14.6. The van der Waals surface area contributed by atoms with Crippen molar-refractivity contribution in [3.63, 3.8) is 0 Å². The van der Waals surface area contributed by atoms with E-state index in [1.165, 1.54) is 48.5 Å². The molecule has 0 spiro atoms. The van der Waals surface area contributed by atoms with Gasteiger partial charge < -0.3 is 19.6 Å². The van der Waals surface area contributed by atoms with E-state index in [-0.39, 0.29) is 34.4 Å². The molecule has 1 unspecified atom stereocenters. The number of benzene rings is 3. The van der Waals surface area contributed by atoms with Gasteiger partial charge in [0.25, 0.3) is 5.69 Å². The van der Waals surface area contributed by atoms with Crippen molar-refractivity contribution in [1.82, 2.24) is 0 Å². The van der Waals surface area contributed by atoms with Crippen molar-refractivity contribution in [1.29, 1.82) is 5.26 Å². The van der Waals surface area contributed by atoms with Crippen LogP contribution in [0.4, 0.5) is 10.1 Å². The Morgan fingerprint density at radius 2 is 2.00 bits per heavy atom. The zero-order chi connectivity index (χ0) is 25.6. The summed E-state index contributed by atoms with van der Waals surface area (Å²) in [5.74, 6) is -1.89. The second-order valence-electron chi connectivity index (χ2n) is 8.06. The summed E-state index contributed by atoms with van der Waals surface area (Å²) in [6.45, 7) is 1.62. The zero-order valence-electron chi connectivity index (χ0n) is 18.7. The summed E-state index contributed by atoms with van der Waals surface area (Å²) in [5.41, 5.74) is 7.71. The summed E-state index contributed by atoms with van der Waals surface area (Å²) >= 11 is 0. The molecule has 3 aromatic carbocycles. The second-order valence-corrected chi connectivity index (χ2v) is 8.06. The van der Waals surface area contributed by atoms with E-state index in [9.17, 15) is 24.6 Å². The van der Waals surface area contributed by atoms with Crippen LogP contribution < -0.4 is 15.2 Å². The van der Waals surface area contributed by atoms with E-state index in [2.05, 4.69) is 0 Å². The van der Waals surface area contributed by atoms with Gasteiger partial charge in [0, 0.05) is 34.7 Å². The lowest BCUT2D eigenvalue weighted by molar-refractivity contribution is -0.384. The molecular formula is C26H16FN3O6. The molecule has 0 fully saturated rings. The Bertz CT molecular complexity index is 1650. The average molecular weight is 485 g/mol. The molecule has 1 aromatic heterocycles. The van der Waals surface area contributed by atoms with Crippen molar-refractivity contribution in [3.8, 4) is 17.6 Å². The van der Waals surface area contributed by atoms with Gasteiger partial charge in [0.2, 0.25) is 11.6 Å². The van der Waals surface area contributed by atoms with Gasteiger partial charge in [0.1, 0.15) is 34.5 Å². The van der Waals surface area contributed by atoms with E-state index in [0.717, 1.165) is 0 Å². The van der Waals surface area contributed by atoms with Gasteiger partial charge in [-0.3, -0.25) is 10.1 Å². The largest absolute Gasteiger partial charge is 0.449 e. The average Bonchev–Trinajstić information content (AvgIpc) is 3.19. The topological polar surface area (TPSA) is 142 Å². The number of allylic oxidation sites excluding steroid dienone is 1. The first-order chi connectivity index (χ1) is 17.3. The third-order valence-electron chi connectivity index (χ3n) is 5.90. The maximum absolute atomic E-state index is 13.6. The van der Waals surface area contributed by atoms with Gasteiger partial charge >= 0.3 is 5.97 Å². The fourth-order valence-corrected chi connectivity index (χ4v) is 4.20. The molecule has 178 valence electrons. The minimum Gasteiger partial charge on any atom is -0.449 e. The molecule has 9 nitrogen and oxygen atoms in total. The number of fused-ring (bicyclic) bond motifs is 2. The maximum Gasteiger partial charge on any atom is 0.379 e. The fraction of sp³-hybridized carbons (Fsp3) is 0.0769. The van der Waals surface area contributed by atoms with Gasteiger partial charge in [-0.2, -0.15) is 5.26 Å². The van der Waals surface area contributed by atoms with Crippen LogP contribution in [0.2, 0.25) is 0 Å². The molecule has 0 saturated heterocycles. The minimum absolute atomic E-state index is 0.0742. The lowest BCUT2D eigenvalue weighted by Crippen LogP contribution is -2.21. The number of hydrogen-bond acceptors (Lipinski definition) is 8. The molecule has 0 radical (unpaired) electrons. The molecule has 36 heavy (non-hydrogen) atoms. The summed E-state index contributed by atoms with van der Waals surface area (Å²) in [4.78, 5) is 23.6. The Morgan fingerprint density at radius 3 is 2.75 bits per heavy atom. The number of non-ortho nitro benzene ring substituents is 1. The van der Waals surface area contributed by atoms with Crippen LogP contribution in [0.1, 0.15) is 33.2 Å².